The molecule has 0 bridgehead atoms. The Labute approximate surface area is 196 Å². The average molecular weight is 479 g/mol. The van der Waals surface area contributed by atoms with E-state index in [9.17, 15) is 19.6 Å². The molecule has 1 aromatic heterocycles. The van der Waals surface area contributed by atoms with Gasteiger partial charge >= 0.3 is 0 Å². The molecule has 2 aromatic carbocycles. The van der Waals surface area contributed by atoms with Crippen LogP contribution in [0.15, 0.2) is 94.2 Å². The van der Waals surface area contributed by atoms with E-state index < -0.39 is 21.6 Å². The molecule has 1 aliphatic heterocycles. The van der Waals surface area contributed by atoms with Gasteiger partial charge in [-0.2, -0.15) is 5.26 Å². The van der Waals surface area contributed by atoms with E-state index in [0.717, 1.165) is 0 Å². The van der Waals surface area contributed by atoms with Gasteiger partial charge in [-0.05, 0) is 42.0 Å². The van der Waals surface area contributed by atoms with Crippen molar-refractivity contribution in [2.75, 3.05) is 0 Å². The van der Waals surface area contributed by atoms with Crippen molar-refractivity contribution in [3.8, 4) is 6.07 Å². The number of benzene rings is 2. The molecule has 164 valence electrons. The molecule has 2 unspecified atom stereocenters. The topological polar surface area (TPSA) is 132 Å². The van der Waals surface area contributed by atoms with E-state index in [4.69, 9.17) is 22.1 Å². The fraction of sp³-hybridized carbons (Fsp3) is 0.0435. The van der Waals surface area contributed by atoms with E-state index in [1.165, 1.54) is 24.3 Å². The third-order valence-electron chi connectivity index (χ3n) is 4.93. The summed E-state index contributed by atoms with van der Waals surface area (Å²) in [5, 5.41) is 21.4. The van der Waals surface area contributed by atoms with E-state index in [1.54, 1.807) is 48.7 Å². The Balaban J connectivity index is 1.96. The van der Waals surface area contributed by atoms with Crippen LogP contribution in [0, 0.1) is 21.4 Å². The Morgan fingerprint density at radius 3 is 2.39 bits per heavy atom. The number of ether oxygens (including phenoxy) is 1. The normalized spacial score (nSPS) is 16.7. The molecule has 2 heterocycles. The highest BCUT2D eigenvalue weighted by Gasteiger charge is 2.37. The number of nitriles is 1. The fourth-order valence-electron chi connectivity index (χ4n) is 3.40. The van der Waals surface area contributed by atoms with Crippen LogP contribution in [0.2, 0.25) is 5.02 Å². The highest BCUT2D eigenvalue weighted by Crippen LogP contribution is 2.45. The Hall–Kier alpha value is -4.00. The third-order valence-corrected chi connectivity index (χ3v) is 6.71. The van der Waals surface area contributed by atoms with Crippen LogP contribution in [-0.4, -0.2) is 14.1 Å². The van der Waals surface area contributed by atoms with E-state index >= 15 is 0 Å². The Bertz CT molecular complexity index is 1350. The van der Waals surface area contributed by atoms with Gasteiger partial charge < -0.3 is 10.5 Å². The maximum Gasteiger partial charge on any atom is 0.269 e. The van der Waals surface area contributed by atoms with Crippen LogP contribution < -0.4 is 5.73 Å². The number of aromatic nitrogens is 1. The minimum atomic E-state index is -1.88. The highest BCUT2D eigenvalue weighted by molar-refractivity contribution is 7.89. The molecular weight excluding hydrogens is 464 g/mol. The number of nitro benzene ring substituents is 1. The lowest BCUT2D eigenvalue weighted by atomic mass is 9.89. The van der Waals surface area contributed by atoms with Crippen LogP contribution in [0.1, 0.15) is 17.2 Å². The van der Waals surface area contributed by atoms with Gasteiger partial charge in [0.2, 0.25) is 5.88 Å². The summed E-state index contributed by atoms with van der Waals surface area (Å²) in [6.07, 6.45) is 1.55. The molecule has 0 saturated carbocycles. The minimum absolute atomic E-state index is 0.0854. The van der Waals surface area contributed by atoms with Crippen molar-refractivity contribution < 1.29 is 13.9 Å². The van der Waals surface area contributed by atoms with Crippen molar-refractivity contribution in [3.05, 3.63) is 116 Å². The van der Waals surface area contributed by atoms with Gasteiger partial charge in [-0.3, -0.25) is 15.1 Å². The number of nitrogens with zero attached hydrogens (tertiary/aromatic N) is 3. The molecule has 33 heavy (non-hydrogen) atoms. The van der Waals surface area contributed by atoms with Crippen LogP contribution in [0.4, 0.5) is 5.69 Å². The molecule has 0 aliphatic carbocycles. The molecule has 3 aromatic rings. The fourth-order valence-corrected chi connectivity index (χ4v) is 4.94. The number of nitro groups is 1. The number of pyridine rings is 1. The van der Waals surface area contributed by atoms with Crippen molar-refractivity contribution in [2.45, 2.75) is 10.8 Å². The second-order valence-corrected chi connectivity index (χ2v) is 8.79. The van der Waals surface area contributed by atoms with E-state index in [-0.39, 0.29) is 27.8 Å². The third kappa shape index (κ3) is 4.35. The standard InChI is InChI=1S/C23H15ClN4O4S/c24-15-6-4-14(5-7-15)20-18(13-25)23(26)32-21(19-3-1-2-12-27-19)22(20)33(31)17-10-8-16(9-11-17)28(29)30/h1-12,20H,26H2. The van der Waals surface area contributed by atoms with Gasteiger partial charge in [-0.1, -0.05) is 29.8 Å². The van der Waals surface area contributed by atoms with Crippen LogP contribution in [0.25, 0.3) is 5.76 Å². The smallest absolute Gasteiger partial charge is 0.269 e. The maximum absolute atomic E-state index is 13.9. The first-order valence-electron chi connectivity index (χ1n) is 9.55. The molecule has 8 nitrogen and oxygen atoms in total. The monoisotopic (exact) mass is 478 g/mol. The molecular formula is C23H15ClN4O4S. The van der Waals surface area contributed by atoms with Crippen LogP contribution in [0.3, 0.4) is 0 Å². The average Bonchev–Trinajstić information content (AvgIpc) is 2.84. The van der Waals surface area contributed by atoms with Crippen molar-refractivity contribution in [1.29, 1.82) is 5.26 Å². The summed E-state index contributed by atoms with van der Waals surface area (Å²) in [7, 11) is -1.88. The summed E-state index contributed by atoms with van der Waals surface area (Å²) < 4.78 is 19.7. The van der Waals surface area contributed by atoms with Gasteiger partial charge in [0.1, 0.15) is 17.3 Å². The summed E-state index contributed by atoms with van der Waals surface area (Å²) >= 11 is 6.05. The predicted molar refractivity (Wildman–Crippen MR) is 123 cm³/mol. The summed E-state index contributed by atoms with van der Waals surface area (Å²) in [4.78, 5) is 15.3. The molecule has 1 aliphatic rings. The predicted octanol–water partition coefficient (Wildman–Crippen LogP) is 4.63. The minimum Gasteiger partial charge on any atom is -0.437 e. The molecule has 0 spiro atoms. The van der Waals surface area contributed by atoms with Crippen molar-refractivity contribution in [2.24, 2.45) is 5.73 Å². The summed E-state index contributed by atoms with van der Waals surface area (Å²) in [6.45, 7) is 0. The molecule has 4 rings (SSSR count). The second-order valence-electron chi connectivity index (χ2n) is 6.90. The number of halogens is 1. The van der Waals surface area contributed by atoms with Gasteiger partial charge in [-0.15, -0.1) is 0 Å². The highest BCUT2D eigenvalue weighted by atomic mass is 35.5. The number of allylic oxidation sites excluding steroid dienone is 2. The largest absolute Gasteiger partial charge is 0.437 e. The number of nitrogens with two attached hydrogens (primary N) is 1. The lowest BCUT2D eigenvalue weighted by Gasteiger charge is -2.28. The van der Waals surface area contributed by atoms with Gasteiger partial charge in [0.25, 0.3) is 5.69 Å². The number of hydrogen-bond acceptors (Lipinski definition) is 7. The Morgan fingerprint density at radius 1 is 1.12 bits per heavy atom. The quantitative estimate of drug-likeness (QED) is 0.417. The van der Waals surface area contributed by atoms with Crippen molar-refractivity contribution >= 4 is 33.8 Å². The van der Waals surface area contributed by atoms with Crippen molar-refractivity contribution in [1.82, 2.24) is 4.98 Å². The van der Waals surface area contributed by atoms with Crippen LogP contribution >= 0.6 is 11.6 Å². The lowest BCUT2D eigenvalue weighted by molar-refractivity contribution is -0.384. The Morgan fingerprint density at radius 2 is 1.82 bits per heavy atom. The Kier molecular flexibility index (Phi) is 6.22. The number of hydrogen-bond donors (Lipinski definition) is 1. The lowest BCUT2D eigenvalue weighted by Crippen LogP contribution is -2.23. The molecule has 0 saturated heterocycles. The zero-order valence-electron chi connectivity index (χ0n) is 16.8. The number of rotatable bonds is 5. The summed E-state index contributed by atoms with van der Waals surface area (Å²) in [5.74, 6) is -0.777. The van der Waals surface area contributed by atoms with E-state index in [0.29, 0.717) is 21.2 Å². The van der Waals surface area contributed by atoms with Crippen molar-refractivity contribution in [3.63, 3.8) is 0 Å². The maximum atomic E-state index is 13.9. The summed E-state index contributed by atoms with van der Waals surface area (Å²) in [5.41, 5.74) is 7.06. The molecule has 2 atom stereocenters. The van der Waals surface area contributed by atoms with Crippen LogP contribution in [0.5, 0.6) is 0 Å². The molecule has 0 amide bonds. The van der Waals surface area contributed by atoms with Gasteiger partial charge in [0.05, 0.1) is 26.5 Å². The molecule has 2 N–H and O–H groups in total. The summed E-state index contributed by atoms with van der Waals surface area (Å²) in [6, 6.07) is 19.3. The SMILES string of the molecule is N#CC1=C(N)OC(c2ccccn2)=C(S(=O)c2ccc([N+](=O)[O-])cc2)C1c1ccc(Cl)cc1. The molecule has 0 fully saturated rings. The van der Waals surface area contributed by atoms with E-state index in [1.807, 2.05) is 0 Å². The zero-order valence-corrected chi connectivity index (χ0v) is 18.4. The number of non-ortho nitro benzene ring substituents is 1. The second kappa shape index (κ2) is 9.24. The zero-order chi connectivity index (χ0) is 23.5. The van der Waals surface area contributed by atoms with E-state index in [2.05, 4.69) is 11.1 Å². The van der Waals surface area contributed by atoms with Gasteiger partial charge in [0, 0.05) is 28.2 Å². The molecule has 0 radical (unpaired) electrons. The molecule has 10 heteroatoms. The van der Waals surface area contributed by atoms with Gasteiger partial charge in [-0.25, -0.2) is 4.21 Å². The first-order chi connectivity index (χ1) is 15.9. The first kappa shape index (κ1) is 22.2. The van der Waals surface area contributed by atoms with Gasteiger partial charge in [0.15, 0.2) is 5.76 Å². The van der Waals surface area contributed by atoms with Crippen LogP contribution in [-0.2, 0) is 15.5 Å². The first-order valence-corrected chi connectivity index (χ1v) is 11.1.